The van der Waals surface area contributed by atoms with Gasteiger partial charge in [-0.25, -0.2) is 0 Å². The van der Waals surface area contributed by atoms with Gasteiger partial charge in [0.15, 0.2) is 0 Å². The summed E-state index contributed by atoms with van der Waals surface area (Å²) in [6.45, 7) is 4.40. The Bertz CT molecular complexity index is 815. The summed E-state index contributed by atoms with van der Waals surface area (Å²) in [7, 11) is 0. The summed E-state index contributed by atoms with van der Waals surface area (Å²) in [5.41, 5.74) is 2.93. The molecule has 0 saturated heterocycles. The third-order valence-corrected chi connectivity index (χ3v) is 3.62. The van der Waals surface area contributed by atoms with Crippen LogP contribution in [0.15, 0.2) is 36.7 Å². The highest BCUT2D eigenvalue weighted by Crippen LogP contribution is 2.22. The maximum absolute atomic E-state index is 10.3. The van der Waals surface area contributed by atoms with Crippen LogP contribution >= 0.6 is 0 Å². The van der Waals surface area contributed by atoms with Crippen LogP contribution in [0.4, 0.5) is 5.69 Å². The minimum absolute atomic E-state index is 0.132. The molecule has 0 amide bonds. The second kappa shape index (κ2) is 6.21. The summed E-state index contributed by atoms with van der Waals surface area (Å²) in [5, 5.41) is 35.3. The molecule has 0 bridgehead atoms. The molecular weight excluding hydrogens is 294 g/mol. The third-order valence-electron chi connectivity index (χ3n) is 3.62. The van der Waals surface area contributed by atoms with Gasteiger partial charge in [-0.05, 0) is 29.7 Å². The Morgan fingerprint density at radius 2 is 2.09 bits per heavy atom. The Labute approximate surface area is 133 Å². The van der Waals surface area contributed by atoms with E-state index in [1.165, 1.54) is 0 Å². The van der Waals surface area contributed by atoms with E-state index in [1.807, 2.05) is 6.07 Å². The molecule has 0 spiro atoms. The molecule has 0 saturated carbocycles. The second-order valence-corrected chi connectivity index (χ2v) is 5.73. The van der Waals surface area contributed by atoms with Crippen molar-refractivity contribution in [1.29, 1.82) is 0 Å². The number of benzene rings is 1. The van der Waals surface area contributed by atoms with E-state index in [4.69, 9.17) is 0 Å². The number of phenols is 1. The zero-order valence-corrected chi connectivity index (χ0v) is 13.0. The molecule has 2 aromatic heterocycles. The van der Waals surface area contributed by atoms with Gasteiger partial charge in [-0.2, -0.15) is 9.61 Å². The van der Waals surface area contributed by atoms with E-state index in [2.05, 4.69) is 34.5 Å². The van der Waals surface area contributed by atoms with Crippen LogP contribution in [0.2, 0.25) is 0 Å². The van der Waals surface area contributed by atoms with Gasteiger partial charge in [-0.1, -0.05) is 26.0 Å². The first-order valence-corrected chi connectivity index (χ1v) is 7.46. The van der Waals surface area contributed by atoms with Gasteiger partial charge in [0.05, 0.1) is 17.5 Å². The fraction of sp³-hybridized carbons (Fsp3) is 0.312. The van der Waals surface area contributed by atoms with Crippen molar-refractivity contribution >= 4 is 11.3 Å². The van der Waals surface area contributed by atoms with Crippen molar-refractivity contribution in [2.75, 3.05) is 11.9 Å². The van der Waals surface area contributed by atoms with Crippen molar-refractivity contribution in [2.45, 2.75) is 25.9 Å². The maximum atomic E-state index is 10.3. The van der Waals surface area contributed by atoms with E-state index in [0.717, 1.165) is 11.4 Å². The van der Waals surface area contributed by atoms with Gasteiger partial charge in [0.2, 0.25) is 5.65 Å². The summed E-state index contributed by atoms with van der Waals surface area (Å²) in [4.78, 5) is 0. The largest absolute Gasteiger partial charge is 0.508 e. The Hall–Kier alpha value is -2.67. The van der Waals surface area contributed by atoms with E-state index in [0.29, 0.717) is 11.2 Å². The Kier molecular flexibility index (Phi) is 4.12. The molecule has 0 radical (unpaired) electrons. The van der Waals surface area contributed by atoms with Crippen LogP contribution in [0, 0.1) is 0 Å². The average Bonchev–Trinajstić information content (AvgIpc) is 3.00. The zero-order chi connectivity index (χ0) is 16.4. The number of aromatic hydroxyl groups is 1. The van der Waals surface area contributed by atoms with Crippen LogP contribution in [-0.2, 0) is 0 Å². The number of nitrogens with one attached hydrogen (secondary N) is 1. The molecule has 7 heteroatoms. The first-order valence-electron chi connectivity index (χ1n) is 7.46. The highest BCUT2D eigenvalue weighted by molar-refractivity contribution is 5.66. The number of anilines is 1. The summed E-state index contributed by atoms with van der Waals surface area (Å²) in [6, 6.07) is 8.51. The Balaban J connectivity index is 1.82. The number of aliphatic hydroxyl groups excluding tert-OH is 1. The van der Waals surface area contributed by atoms with Crippen molar-refractivity contribution in [1.82, 2.24) is 19.8 Å². The van der Waals surface area contributed by atoms with E-state index < -0.39 is 6.10 Å². The number of phenolic OH excluding ortho intramolecular Hbond substituents is 1. The predicted octanol–water partition coefficient (Wildman–Crippen LogP) is 2.10. The van der Waals surface area contributed by atoms with Gasteiger partial charge >= 0.3 is 0 Å². The highest BCUT2D eigenvalue weighted by atomic mass is 16.3. The summed E-state index contributed by atoms with van der Waals surface area (Å²) in [5.74, 6) is 0.394. The zero-order valence-electron chi connectivity index (χ0n) is 13.0. The van der Waals surface area contributed by atoms with Gasteiger partial charge in [-0.3, -0.25) is 0 Å². The first-order chi connectivity index (χ1) is 11.0. The number of aliphatic hydroxyl groups is 1. The minimum atomic E-state index is -0.749. The first kappa shape index (κ1) is 15.2. The molecule has 3 aromatic rings. The van der Waals surface area contributed by atoms with Crippen LogP contribution in [0.3, 0.4) is 0 Å². The lowest BCUT2D eigenvalue weighted by Gasteiger charge is -2.15. The summed E-state index contributed by atoms with van der Waals surface area (Å²) < 4.78 is 1.62. The van der Waals surface area contributed by atoms with Crippen molar-refractivity contribution in [3.05, 3.63) is 47.9 Å². The number of nitrogens with zero attached hydrogens (tertiary/aromatic N) is 4. The number of rotatable bonds is 5. The lowest BCUT2D eigenvalue weighted by Crippen LogP contribution is -2.14. The molecule has 0 aliphatic heterocycles. The fourth-order valence-corrected chi connectivity index (χ4v) is 2.31. The molecule has 120 valence electrons. The van der Waals surface area contributed by atoms with E-state index in [9.17, 15) is 10.2 Å². The van der Waals surface area contributed by atoms with Crippen LogP contribution in [0.5, 0.6) is 5.75 Å². The maximum Gasteiger partial charge on any atom is 0.200 e. The summed E-state index contributed by atoms with van der Waals surface area (Å²) in [6.07, 6.45) is 0.804. The number of hydrogen-bond acceptors (Lipinski definition) is 6. The van der Waals surface area contributed by atoms with Gasteiger partial charge in [0, 0.05) is 6.54 Å². The van der Waals surface area contributed by atoms with E-state index in [-0.39, 0.29) is 18.2 Å². The predicted molar refractivity (Wildman–Crippen MR) is 86.4 cm³/mol. The quantitative estimate of drug-likeness (QED) is 0.667. The molecule has 0 aliphatic carbocycles. The van der Waals surface area contributed by atoms with Crippen LogP contribution in [-0.4, -0.2) is 36.6 Å². The minimum Gasteiger partial charge on any atom is -0.508 e. The monoisotopic (exact) mass is 313 g/mol. The normalized spacial score (nSPS) is 12.7. The molecule has 1 atom stereocenters. The Morgan fingerprint density at radius 1 is 1.26 bits per heavy atom. The molecule has 0 aliphatic rings. The summed E-state index contributed by atoms with van der Waals surface area (Å²) >= 11 is 0. The van der Waals surface area contributed by atoms with Crippen molar-refractivity contribution in [3.63, 3.8) is 0 Å². The van der Waals surface area contributed by atoms with Crippen LogP contribution in [0.25, 0.3) is 5.65 Å². The topological polar surface area (TPSA) is 95.6 Å². The lowest BCUT2D eigenvalue weighted by atomic mass is 10.1. The van der Waals surface area contributed by atoms with E-state index >= 15 is 0 Å². The molecular formula is C16H19N5O2. The van der Waals surface area contributed by atoms with Gasteiger partial charge in [0.1, 0.15) is 12.1 Å². The van der Waals surface area contributed by atoms with Gasteiger partial charge in [0.25, 0.3) is 0 Å². The van der Waals surface area contributed by atoms with Gasteiger partial charge in [-0.15, -0.1) is 10.2 Å². The third kappa shape index (κ3) is 3.24. The molecule has 3 rings (SSSR count). The molecule has 2 heterocycles. The van der Waals surface area contributed by atoms with E-state index in [1.54, 1.807) is 35.1 Å². The molecule has 1 unspecified atom stereocenters. The molecule has 23 heavy (non-hydrogen) atoms. The SMILES string of the molecule is CC(C)c1cc(NCC(O)c2cccc(O)c2)c2nncn2n1. The van der Waals surface area contributed by atoms with Gasteiger partial charge < -0.3 is 15.5 Å². The Morgan fingerprint density at radius 3 is 2.83 bits per heavy atom. The molecule has 3 N–H and O–H groups in total. The fourth-order valence-electron chi connectivity index (χ4n) is 2.31. The molecule has 1 aromatic carbocycles. The second-order valence-electron chi connectivity index (χ2n) is 5.73. The lowest BCUT2D eigenvalue weighted by molar-refractivity contribution is 0.191. The number of aromatic nitrogens is 4. The molecule has 0 fully saturated rings. The van der Waals surface area contributed by atoms with Crippen LogP contribution in [0.1, 0.15) is 37.1 Å². The van der Waals surface area contributed by atoms with Crippen molar-refractivity contribution in [3.8, 4) is 5.75 Å². The van der Waals surface area contributed by atoms with Crippen molar-refractivity contribution < 1.29 is 10.2 Å². The average molecular weight is 313 g/mol. The highest BCUT2D eigenvalue weighted by Gasteiger charge is 2.13. The van der Waals surface area contributed by atoms with Crippen LogP contribution < -0.4 is 5.32 Å². The number of fused-ring (bicyclic) bond motifs is 1. The van der Waals surface area contributed by atoms with Crippen molar-refractivity contribution in [2.24, 2.45) is 0 Å². The smallest absolute Gasteiger partial charge is 0.200 e. The number of hydrogen-bond donors (Lipinski definition) is 3. The molecule has 7 nitrogen and oxygen atoms in total. The standard InChI is InChI=1S/C16H19N5O2/c1-10(2)13-7-14(16-19-18-9-21(16)20-13)17-8-15(23)11-4-3-5-12(22)6-11/h3-7,9-10,15,17,22-23H,8H2,1-2H3.